The Morgan fingerprint density at radius 3 is 2.45 bits per heavy atom. The van der Waals surface area contributed by atoms with Crippen molar-refractivity contribution in [3.63, 3.8) is 0 Å². The molecular formula is C18H19ClN2O. The number of aliphatic hydroxyl groups excluding tert-OH is 1. The zero-order valence-corrected chi connectivity index (χ0v) is 13.6. The third-order valence-electron chi connectivity index (χ3n) is 4.03. The first-order valence-corrected chi connectivity index (χ1v) is 7.78. The second kappa shape index (κ2) is 6.11. The summed E-state index contributed by atoms with van der Waals surface area (Å²) in [5.74, 6) is 0.914. The van der Waals surface area contributed by atoms with E-state index in [1.165, 1.54) is 16.7 Å². The third-order valence-corrected chi connectivity index (χ3v) is 4.28. The van der Waals surface area contributed by atoms with E-state index in [0.717, 1.165) is 28.4 Å². The van der Waals surface area contributed by atoms with Crippen molar-refractivity contribution in [1.29, 1.82) is 0 Å². The van der Waals surface area contributed by atoms with E-state index in [1.807, 2.05) is 24.3 Å². The van der Waals surface area contributed by atoms with Gasteiger partial charge in [-0.1, -0.05) is 23.7 Å². The lowest BCUT2D eigenvalue weighted by atomic mass is 10.1. The SMILES string of the molecule is Cc1cc2nc(CCO)n(Cc3ccc(Cl)cc3)c2cc1C. The molecule has 0 bridgehead atoms. The van der Waals surface area contributed by atoms with Gasteiger partial charge < -0.3 is 9.67 Å². The summed E-state index contributed by atoms with van der Waals surface area (Å²) in [5, 5.41) is 10.0. The Hall–Kier alpha value is -1.84. The molecule has 0 unspecified atom stereocenters. The molecule has 3 aromatic rings. The largest absolute Gasteiger partial charge is 0.396 e. The van der Waals surface area contributed by atoms with Crippen molar-refractivity contribution >= 4 is 22.6 Å². The van der Waals surface area contributed by atoms with Crippen LogP contribution in [0.2, 0.25) is 5.02 Å². The number of nitrogens with zero attached hydrogens (tertiary/aromatic N) is 2. The van der Waals surface area contributed by atoms with Gasteiger partial charge >= 0.3 is 0 Å². The quantitative estimate of drug-likeness (QED) is 0.793. The molecule has 4 heteroatoms. The second-order valence-corrected chi connectivity index (χ2v) is 6.08. The first-order valence-electron chi connectivity index (χ1n) is 7.40. The van der Waals surface area contributed by atoms with Crippen molar-refractivity contribution in [2.45, 2.75) is 26.8 Å². The van der Waals surface area contributed by atoms with Gasteiger partial charge in [-0.3, -0.25) is 0 Å². The van der Waals surface area contributed by atoms with Gasteiger partial charge in [-0.15, -0.1) is 0 Å². The summed E-state index contributed by atoms with van der Waals surface area (Å²) in [6.45, 7) is 5.03. The summed E-state index contributed by atoms with van der Waals surface area (Å²) < 4.78 is 2.18. The lowest BCUT2D eigenvalue weighted by Crippen LogP contribution is -2.07. The van der Waals surface area contributed by atoms with Gasteiger partial charge in [-0.25, -0.2) is 4.98 Å². The maximum atomic E-state index is 9.31. The number of aromatic nitrogens is 2. The van der Waals surface area contributed by atoms with E-state index in [0.29, 0.717) is 6.42 Å². The van der Waals surface area contributed by atoms with Crippen molar-refractivity contribution in [2.24, 2.45) is 0 Å². The van der Waals surface area contributed by atoms with E-state index in [-0.39, 0.29) is 6.61 Å². The first kappa shape index (κ1) is 15.1. The first-order chi connectivity index (χ1) is 10.6. The van der Waals surface area contributed by atoms with E-state index in [4.69, 9.17) is 16.6 Å². The standard InChI is InChI=1S/C18H19ClN2O/c1-12-9-16-17(10-13(12)2)21(18(20-16)7-8-22)11-14-3-5-15(19)6-4-14/h3-6,9-10,22H,7-8,11H2,1-2H3. The number of aliphatic hydroxyl groups is 1. The van der Waals surface area contributed by atoms with Crippen molar-refractivity contribution < 1.29 is 5.11 Å². The molecule has 2 aromatic carbocycles. The van der Waals surface area contributed by atoms with Crippen molar-refractivity contribution in [3.8, 4) is 0 Å². The average molecular weight is 315 g/mol. The Bertz CT molecular complexity index is 806. The minimum atomic E-state index is 0.0991. The molecule has 1 N–H and O–H groups in total. The molecule has 0 aliphatic rings. The van der Waals surface area contributed by atoms with Gasteiger partial charge in [0.15, 0.2) is 0 Å². The van der Waals surface area contributed by atoms with E-state index in [1.54, 1.807) is 0 Å². The summed E-state index contributed by atoms with van der Waals surface area (Å²) in [6.07, 6.45) is 0.556. The van der Waals surface area contributed by atoms with Crippen LogP contribution in [-0.2, 0) is 13.0 Å². The van der Waals surface area contributed by atoms with Crippen LogP contribution in [0.4, 0.5) is 0 Å². The van der Waals surface area contributed by atoms with E-state index in [2.05, 4.69) is 30.5 Å². The number of hydrogen-bond donors (Lipinski definition) is 1. The summed E-state index contributed by atoms with van der Waals surface area (Å²) in [5.41, 5.74) is 5.75. The summed E-state index contributed by atoms with van der Waals surface area (Å²) in [7, 11) is 0. The Morgan fingerprint density at radius 2 is 1.77 bits per heavy atom. The molecule has 0 aliphatic carbocycles. The Balaban J connectivity index is 2.10. The lowest BCUT2D eigenvalue weighted by molar-refractivity contribution is 0.295. The number of halogens is 1. The molecule has 1 heterocycles. The van der Waals surface area contributed by atoms with Crippen LogP contribution in [0.1, 0.15) is 22.5 Å². The van der Waals surface area contributed by atoms with E-state index in [9.17, 15) is 5.11 Å². The highest BCUT2D eigenvalue weighted by Crippen LogP contribution is 2.23. The zero-order valence-electron chi connectivity index (χ0n) is 12.8. The maximum Gasteiger partial charge on any atom is 0.112 e. The molecule has 0 saturated heterocycles. The predicted octanol–water partition coefficient (Wildman–Crippen LogP) is 3.89. The van der Waals surface area contributed by atoms with Crippen LogP contribution in [0.15, 0.2) is 36.4 Å². The highest BCUT2D eigenvalue weighted by Gasteiger charge is 2.12. The molecule has 0 radical (unpaired) electrons. The molecule has 22 heavy (non-hydrogen) atoms. The molecule has 0 fully saturated rings. The maximum absolute atomic E-state index is 9.31. The highest BCUT2D eigenvalue weighted by molar-refractivity contribution is 6.30. The molecule has 0 amide bonds. The van der Waals surface area contributed by atoms with Gasteiger partial charge in [0.05, 0.1) is 17.6 Å². The monoisotopic (exact) mass is 314 g/mol. The Labute approximate surface area is 135 Å². The molecule has 0 spiro atoms. The fraction of sp³-hybridized carbons (Fsp3) is 0.278. The summed E-state index contributed by atoms with van der Waals surface area (Å²) in [4.78, 5) is 4.69. The fourth-order valence-electron chi connectivity index (χ4n) is 2.67. The number of hydrogen-bond acceptors (Lipinski definition) is 2. The summed E-state index contributed by atoms with van der Waals surface area (Å²) in [6, 6.07) is 12.1. The van der Waals surface area contributed by atoms with Crippen LogP contribution in [0, 0.1) is 13.8 Å². The molecule has 114 valence electrons. The second-order valence-electron chi connectivity index (χ2n) is 5.64. The number of rotatable bonds is 4. The predicted molar refractivity (Wildman–Crippen MR) is 90.6 cm³/mol. The van der Waals surface area contributed by atoms with Gasteiger partial charge in [0.2, 0.25) is 0 Å². The van der Waals surface area contributed by atoms with Crippen molar-refractivity contribution in [2.75, 3.05) is 6.61 Å². The van der Waals surface area contributed by atoms with Gasteiger partial charge in [-0.05, 0) is 54.8 Å². The normalized spacial score (nSPS) is 11.3. The van der Waals surface area contributed by atoms with Crippen LogP contribution in [0.25, 0.3) is 11.0 Å². The Morgan fingerprint density at radius 1 is 1.09 bits per heavy atom. The van der Waals surface area contributed by atoms with Crippen LogP contribution >= 0.6 is 11.6 Å². The van der Waals surface area contributed by atoms with Crippen LogP contribution in [-0.4, -0.2) is 21.3 Å². The van der Waals surface area contributed by atoms with E-state index >= 15 is 0 Å². The number of benzene rings is 2. The summed E-state index contributed by atoms with van der Waals surface area (Å²) >= 11 is 5.96. The lowest BCUT2D eigenvalue weighted by Gasteiger charge is -2.10. The smallest absolute Gasteiger partial charge is 0.112 e. The highest BCUT2D eigenvalue weighted by atomic mass is 35.5. The minimum Gasteiger partial charge on any atom is -0.396 e. The van der Waals surface area contributed by atoms with Crippen molar-refractivity contribution in [1.82, 2.24) is 9.55 Å². The number of imidazole rings is 1. The molecule has 1 aromatic heterocycles. The molecule has 3 rings (SSSR count). The third kappa shape index (κ3) is 2.87. The van der Waals surface area contributed by atoms with Gasteiger partial charge in [0.1, 0.15) is 5.82 Å². The number of fused-ring (bicyclic) bond motifs is 1. The molecule has 0 atom stereocenters. The van der Waals surface area contributed by atoms with Crippen LogP contribution in [0.3, 0.4) is 0 Å². The average Bonchev–Trinajstić information content (AvgIpc) is 2.80. The van der Waals surface area contributed by atoms with Gasteiger partial charge in [0.25, 0.3) is 0 Å². The topological polar surface area (TPSA) is 38.1 Å². The Kier molecular flexibility index (Phi) is 4.19. The molecule has 3 nitrogen and oxygen atoms in total. The van der Waals surface area contributed by atoms with Crippen molar-refractivity contribution in [3.05, 3.63) is 63.9 Å². The fourth-order valence-corrected chi connectivity index (χ4v) is 2.80. The zero-order chi connectivity index (χ0) is 15.7. The van der Waals surface area contributed by atoms with Gasteiger partial charge in [0, 0.05) is 18.0 Å². The molecule has 0 aliphatic heterocycles. The molecule has 0 saturated carbocycles. The van der Waals surface area contributed by atoms with Gasteiger partial charge in [-0.2, -0.15) is 0 Å². The molecular weight excluding hydrogens is 296 g/mol. The van der Waals surface area contributed by atoms with E-state index < -0.39 is 0 Å². The number of aryl methyl sites for hydroxylation is 2. The minimum absolute atomic E-state index is 0.0991. The van der Waals surface area contributed by atoms with Crippen LogP contribution in [0.5, 0.6) is 0 Å². The van der Waals surface area contributed by atoms with Crippen LogP contribution < -0.4 is 0 Å².